The molecule has 0 aliphatic rings. The highest BCUT2D eigenvalue weighted by atomic mass is 15.4. The van der Waals surface area contributed by atoms with Gasteiger partial charge in [-0.3, -0.25) is 10.1 Å². The van der Waals surface area contributed by atoms with E-state index in [1.807, 2.05) is 12.1 Å². The van der Waals surface area contributed by atoms with Crippen molar-refractivity contribution < 1.29 is 0 Å². The van der Waals surface area contributed by atoms with Gasteiger partial charge in [0.05, 0.1) is 27.8 Å². The molecule has 364 valence electrons. The summed E-state index contributed by atoms with van der Waals surface area (Å²) < 4.78 is 4.63. The zero-order valence-electron chi connectivity index (χ0n) is 42.1. The van der Waals surface area contributed by atoms with Crippen molar-refractivity contribution in [3.8, 4) is 61.3 Å². The summed E-state index contributed by atoms with van der Waals surface area (Å²) in [6, 6.07) is 102. The molecule has 0 saturated heterocycles. The van der Waals surface area contributed by atoms with Crippen LogP contribution in [0.15, 0.2) is 290 Å². The second-order valence-electron chi connectivity index (χ2n) is 19.8. The van der Waals surface area contributed by atoms with Crippen molar-refractivity contribution in [1.29, 1.82) is 0 Å². The van der Waals surface area contributed by atoms with Gasteiger partial charge in [-0.1, -0.05) is 231 Å². The van der Waals surface area contributed by atoms with Crippen molar-refractivity contribution in [3.05, 3.63) is 296 Å². The maximum Gasteiger partial charge on any atom is 0.149 e. The van der Waals surface area contributed by atoms with E-state index in [9.17, 15) is 0 Å². The van der Waals surface area contributed by atoms with Gasteiger partial charge in [0, 0.05) is 32.5 Å². The summed E-state index contributed by atoms with van der Waals surface area (Å²) >= 11 is 0. The van der Waals surface area contributed by atoms with Crippen molar-refractivity contribution in [2.75, 3.05) is 5.43 Å². The first kappa shape index (κ1) is 45.5. The number of benzene rings is 12. The van der Waals surface area contributed by atoms with Crippen LogP contribution in [0.25, 0.3) is 116 Å². The third-order valence-electron chi connectivity index (χ3n) is 15.2. The molecule has 5 nitrogen and oxygen atoms in total. The van der Waals surface area contributed by atoms with E-state index in [2.05, 4.69) is 288 Å². The van der Waals surface area contributed by atoms with E-state index in [1.54, 1.807) is 0 Å². The monoisotopic (exact) mass is 985 g/mol. The first-order valence-corrected chi connectivity index (χ1v) is 26.3. The Bertz CT molecular complexity index is 4500. The topological polar surface area (TPSA) is 60.3 Å². The lowest BCUT2D eigenvalue weighted by atomic mass is 9.98. The maximum atomic E-state index is 7.10. The van der Waals surface area contributed by atoms with Crippen LogP contribution in [0.1, 0.15) is 17.3 Å². The fraction of sp³-hybridized carbons (Fsp3) is 0.0139. The fourth-order valence-electron chi connectivity index (χ4n) is 11.3. The van der Waals surface area contributed by atoms with Crippen LogP contribution in [0.5, 0.6) is 0 Å². The molecule has 12 aromatic carbocycles. The molecule has 0 aliphatic heterocycles. The van der Waals surface area contributed by atoms with Crippen molar-refractivity contribution in [1.82, 2.24) is 9.24 Å². The van der Waals surface area contributed by atoms with Gasteiger partial charge in [-0.05, 0) is 121 Å². The largest absolute Gasteiger partial charge is 0.309 e. The van der Waals surface area contributed by atoms with E-state index in [0.717, 1.165) is 88.6 Å². The molecule has 0 spiro atoms. The smallest absolute Gasteiger partial charge is 0.149 e. The lowest BCUT2D eigenvalue weighted by molar-refractivity contribution is 0.773. The maximum absolute atomic E-state index is 7.10. The zero-order valence-corrected chi connectivity index (χ0v) is 42.1. The highest BCUT2D eigenvalue weighted by Crippen LogP contribution is 2.41. The van der Waals surface area contributed by atoms with Gasteiger partial charge in [0.1, 0.15) is 12.0 Å². The Morgan fingerprint density at radius 1 is 0.325 bits per heavy atom. The van der Waals surface area contributed by atoms with E-state index >= 15 is 0 Å². The van der Waals surface area contributed by atoms with Gasteiger partial charge in [0.2, 0.25) is 0 Å². The van der Waals surface area contributed by atoms with Gasteiger partial charge >= 0.3 is 0 Å². The Hall–Kier alpha value is -10.1. The quantitative estimate of drug-likeness (QED) is 0.106. The predicted octanol–water partition coefficient (Wildman–Crippen LogP) is 18.0. The number of hydrogen-bond acceptors (Lipinski definition) is 2. The second-order valence-corrected chi connectivity index (χ2v) is 19.8. The third-order valence-corrected chi connectivity index (χ3v) is 15.2. The minimum absolute atomic E-state index is 0.647. The molecule has 1 atom stereocenters. The molecule has 0 amide bonds. The molecule has 0 bridgehead atoms. The standard InChI is InChI=1S/C72H51N5/c73-71(55-32-28-52(29-33-55)48-16-5-1-6-17-48)74-72(56-34-30-53(31-35-56)49-18-7-2-8-19-49)75-77-69-42-38-58(51-22-11-4-12-23-51)45-64(69)65-47-60(39-43-70(65)77)59-37-41-68-63(46-59)62-44-57(50-20-9-3-10-21-50)36-40-67(62)76(68)66-27-15-25-54-24-13-14-26-61(54)66/h1-47,71H,73H2,(H,74,75). The first-order valence-electron chi connectivity index (χ1n) is 26.3. The van der Waals surface area contributed by atoms with E-state index in [-0.39, 0.29) is 0 Å². The molecular formula is C72H51N5. The average Bonchev–Trinajstić information content (AvgIpc) is 4.00. The highest BCUT2D eigenvalue weighted by molar-refractivity contribution is 6.15. The SMILES string of the molecule is NC(N=C(Nn1c2ccc(-c3ccccc3)cc2c2cc(-c3ccc4c(c3)c3cc(-c5ccccc5)ccc3n4-c3cccc4ccccc34)ccc21)c1ccc(-c2ccccc2)cc1)c1ccc(-c2ccccc2)cc1. The molecule has 14 aromatic rings. The summed E-state index contributed by atoms with van der Waals surface area (Å²) in [7, 11) is 0. The van der Waals surface area contributed by atoms with Gasteiger partial charge < -0.3 is 10.3 Å². The molecule has 0 saturated carbocycles. The zero-order chi connectivity index (χ0) is 51.2. The first-order chi connectivity index (χ1) is 38.1. The molecule has 1 unspecified atom stereocenters. The number of amidine groups is 1. The number of nitrogens with two attached hydrogens (primary N) is 1. The van der Waals surface area contributed by atoms with Crippen molar-refractivity contribution in [2.45, 2.75) is 6.17 Å². The van der Waals surface area contributed by atoms with Gasteiger partial charge in [-0.2, -0.15) is 0 Å². The van der Waals surface area contributed by atoms with Crippen LogP contribution in [-0.2, 0) is 0 Å². The molecule has 3 N–H and O–H groups in total. The van der Waals surface area contributed by atoms with Crippen LogP contribution in [0, 0.1) is 0 Å². The number of rotatable bonds is 10. The number of fused-ring (bicyclic) bond motifs is 7. The molecule has 77 heavy (non-hydrogen) atoms. The van der Waals surface area contributed by atoms with Crippen molar-refractivity contribution in [3.63, 3.8) is 0 Å². The highest BCUT2D eigenvalue weighted by Gasteiger charge is 2.20. The summed E-state index contributed by atoms with van der Waals surface area (Å²) in [6.07, 6.45) is -0.647. The summed E-state index contributed by atoms with van der Waals surface area (Å²) in [4.78, 5) is 5.32. The van der Waals surface area contributed by atoms with Gasteiger partial charge in [-0.15, -0.1) is 0 Å². The van der Waals surface area contributed by atoms with Gasteiger partial charge in [-0.25, -0.2) is 4.99 Å². The molecule has 5 heteroatoms. The third kappa shape index (κ3) is 8.42. The summed E-state index contributed by atoms with van der Waals surface area (Å²) in [5.74, 6) is 0.655. The van der Waals surface area contributed by atoms with Crippen molar-refractivity contribution in [2.24, 2.45) is 10.7 Å². The second kappa shape index (κ2) is 19.3. The molecule has 2 aromatic heterocycles. The average molecular weight is 986 g/mol. The molecule has 0 aliphatic carbocycles. The van der Waals surface area contributed by atoms with Crippen LogP contribution in [-0.4, -0.2) is 15.1 Å². The Kier molecular flexibility index (Phi) is 11.4. The normalized spacial score (nSPS) is 12.2. The van der Waals surface area contributed by atoms with Gasteiger partial charge in [0.15, 0.2) is 0 Å². The van der Waals surface area contributed by atoms with Crippen LogP contribution in [0.3, 0.4) is 0 Å². The van der Waals surface area contributed by atoms with E-state index in [0.29, 0.717) is 5.84 Å². The van der Waals surface area contributed by atoms with Crippen LogP contribution in [0.4, 0.5) is 0 Å². The number of aromatic nitrogens is 2. The van der Waals surface area contributed by atoms with Crippen molar-refractivity contribution >= 4 is 60.2 Å². The number of nitrogens with zero attached hydrogens (tertiary/aromatic N) is 3. The fourth-order valence-corrected chi connectivity index (χ4v) is 11.3. The Balaban J connectivity index is 0.925. The lowest BCUT2D eigenvalue weighted by Gasteiger charge is -2.17. The lowest BCUT2D eigenvalue weighted by Crippen LogP contribution is -2.26. The molecule has 0 radical (unpaired) electrons. The molecule has 0 fully saturated rings. The van der Waals surface area contributed by atoms with E-state index in [1.165, 1.54) is 38.2 Å². The number of hydrogen-bond donors (Lipinski definition) is 2. The minimum Gasteiger partial charge on any atom is -0.309 e. The number of aliphatic imine (C=N–C) groups is 1. The van der Waals surface area contributed by atoms with E-state index < -0.39 is 6.17 Å². The van der Waals surface area contributed by atoms with E-state index in [4.69, 9.17) is 10.7 Å². The van der Waals surface area contributed by atoms with Gasteiger partial charge in [0.25, 0.3) is 0 Å². The van der Waals surface area contributed by atoms with Crippen LogP contribution in [0.2, 0.25) is 0 Å². The Morgan fingerprint density at radius 3 is 1.18 bits per heavy atom. The Labute approximate surface area is 447 Å². The van der Waals surface area contributed by atoms with Crippen LogP contribution < -0.4 is 11.2 Å². The minimum atomic E-state index is -0.647. The van der Waals surface area contributed by atoms with Crippen LogP contribution >= 0.6 is 0 Å². The summed E-state index contributed by atoms with van der Waals surface area (Å²) in [5.41, 5.74) is 29.8. The number of nitrogens with one attached hydrogen (secondary N) is 1. The molecule has 14 rings (SSSR count). The predicted molar refractivity (Wildman–Crippen MR) is 324 cm³/mol. The molecule has 2 heterocycles. The summed E-state index contributed by atoms with van der Waals surface area (Å²) in [5, 5.41) is 7.07. The molecular weight excluding hydrogens is 935 g/mol. The Morgan fingerprint density at radius 2 is 0.688 bits per heavy atom. The summed E-state index contributed by atoms with van der Waals surface area (Å²) in [6.45, 7) is 0.